The van der Waals surface area contributed by atoms with E-state index >= 15 is 0 Å². The van der Waals surface area contributed by atoms with E-state index in [4.69, 9.17) is 0 Å². The molecule has 7 nitrogen and oxygen atoms in total. The van der Waals surface area contributed by atoms with E-state index in [1.165, 1.54) is 11.9 Å². The lowest BCUT2D eigenvalue weighted by Crippen LogP contribution is -2.29. The summed E-state index contributed by atoms with van der Waals surface area (Å²) in [5, 5.41) is 0. The normalized spacial score (nSPS) is 10.8. The first-order valence-corrected chi connectivity index (χ1v) is 12.3. The van der Waals surface area contributed by atoms with Crippen LogP contribution in [0.1, 0.15) is 22.3 Å². The number of benzene rings is 2. The Balaban J connectivity index is 1.14. The maximum Gasteiger partial charge on any atom is 0.211 e. The fourth-order valence-electron chi connectivity index (χ4n) is 4.22. The third-order valence-electron chi connectivity index (χ3n) is 6.17. The van der Waals surface area contributed by atoms with E-state index in [-0.39, 0.29) is 0 Å². The van der Waals surface area contributed by atoms with Gasteiger partial charge in [-0.05, 0) is 22.3 Å². The number of nitrogens with zero attached hydrogens (tertiary/aromatic N) is 7. The molecule has 182 valence electrons. The summed E-state index contributed by atoms with van der Waals surface area (Å²) in [6.07, 6.45) is 18.3. The molecule has 0 N–H and O–H groups in total. The quantitative estimate of drug-likeness (QED) is 0.295. The van der Waals surface area contributed by atoms with Crippen molar-refractivity contribution >= 4 is 0 Å². The summed E-state index contributed by atoms with van der Waals surface area (Å²) in [6.45, 7) is 0. The topological polar surface area (TPSA) is 81.2 Å². The summed E-state index contributed by atoms with van der Waals surface area (Å²) in [5.41, 5.74) is 7.34. The fourth-order valence-corrected chi connectivity index (χ4v) is 4.22. The largest absolute Gasteiger partial charge is 0.245 e. The van der Waals surface area contributed by atoms with Crippen LogP contribution in [0, 0.1) is 0 Å². The first-order chi connectivity index (χ1) is 18.8. The standard InChI is InChI=1S/C31H24N7/c1-2-5-27(6-3-1)30-34-18-25(19-35-30)13-23-9-11-38(12-10-23)29-8-4-7-28(15-29)31-36-20-26(21-37-31)14-24-16-32-22-33-17-24/h1-12,15-22H,13-14H2/q+1. The van der Waals surface area contributed by atoms with E-state index in [1.807, 2.05) is 79.6 Å². The Kier molecular flexibility index (Phi) is 6.63. The van der Waals surface area contributed by atoms with Crippen molar-refractivity contribution in [2.75, 3.05) is 0 Å². The molecule has 0 fully saturated rings. The Morgan fingerprint density at radius 1 is 0.500 bits per heavy atom. The number of hydrogen-bond acceptors (Lipinski definition) is 6. The predicted octanol–water partition coefficient (Wildman–Crippen LogP) is 4.85. The van der Waals surface area contributed by atoms with Crippen molar-refractivity contribution in [1.29, 1.82) is 0 Å². The molecule has 0 aliphatic carbocycles. The molecule has 4 heterocycles. The smallest absolute Gasteiger partial charge is 0.211 e. The molecule has 4 aromatic heterocycles. The lowest BCUT2D eigenvalue weighted by atomic mass is 10.1. The second-order valence-corrected chi connectivity index (χ2v) is 8.96. The zero-order valence-corrected chi connectivity index (χ0v) is 20.6. The summed E-state index contributed by atoms with van der Waals surface area (Å²) in [7, 11) is 0. The van der Waals surface area contributed by atoms with Crippen molar-refractivity contribution in [3.63, 3.8) is 0 Å². The number of aromatic nitrogens is 7. The maximum atomic E-state index is 4.59. The van der Waals surface area contributed by atoms with Crippen LogP contribution in [-0.4, -0.2) is 29.9 Å². The van der Waals surface area contributed by atoms with Gasteiger partial charge in [0.1, 0.15) is 6.33 Å². The van der Waals surface area contributed by atoms with Crippen molar-refractivity contribution in [1.82, 2.24) is 29.9 Å². The van der Waals surface area contributed by atoms with E-state index in [9.17, 15) is 0 Å². The maximum absolute atomic E-state index is 4.59. The third kappa shape index (κ3) is 5.47. The van der Waals surface area contributed by atoms with E-state index in [2.05, 4.69) is 71.1 Å². The molecule has 38 heavy (non-hydrogen) atoms. The van der Waals surface area contributed by atoms with Crippen LogP contribution < -0.4 is 4.57 Å². The minimum Gasteiger partial charge on any atom is -0.245 e. The van der Waals surface area contributed by atoms with E-state index in [1.54, 1.807) is 0 Å². The molecule has 0 aliphatic heterocycles. The lowest BCUT2D eigenvalue weighted by molar-refractivity contribution is -0.595. The van der Waals surface area contributed by atoms with Gasteiger partial charge in [0.05, 0.1) is 0 Å². The highest BCUT2D eigenvalue weighted by molar-refractivity contribution is 5.57. The van der Waals surface area contributed by atoms with Gasteiger partial charge in [0.15, 0.2) is 24.0 Å². The van der Waals surface area contributed by atoms with Gasteiger partial charge in [-0.1, -0.05) is 42.5 Å². The molecule has 0 aliphatic rings. The number of pyridine rings is 1. The van der Waals surface area contributed by atoms with Crippen molar-refractivity contribution in [2.45, 2.75) is 12.8 Å². The van der Waals surface area contributed by atoms with E-state index in [0.717, 1.165) is 45.7 Å². The van der Waals surface area contributed by atoms with Gasteiger partial charge >= 0.3 is 0 Å². The molecule has 0 unspecified atom stereocenters. The molecular formula is C31H24N7+. The summed E-state index contributed by atoms with van der Waals surface area (Å²) in [6, 6.07) is 22.5. The molecule has 2 aromatic carbocycles. The van der Waals surface area contributed by atoms with Gasteiger partial charge in [-0.2, -0.15) is 4.57 Å². The van der Waals surface area contributed by atoms with Crippen LogP contribution in [0.15, 0.2) is 123 Å². The Morgan fingerprint density at radius 2 is 1.05 bits per heavy atom. The summed E-state index contributed by atoms with van der Waals surface area (Å²) >= 11 is 0. The van der Waals surface area contributed by atoms with Gasteiger partial charge in [-0.25, -0.2) is 29.9 Å². The molecule has 0 atom stereocenters. The molecule has 0 radical (unpaired) electrons. The number of hydrogen-bond donors (Lipinski definition) is 0. The molecule has 6 rings (SSSR count). The average Bonchev–Trinajstić information content (AvgIpc) is 2.99. The van der Waals surface area contributed by atoms with Gasteiger partial charge in [0.2, 0.25) is 5.69 Å². The molecular weight excluding hydrogens is 470 g/mol. The van der Waals surface area contributed by atoms with E-state index in [0.29, 0.717) is 12.2 Å². The Hall–Kier alpha value is -5.17. The van der Waals surface area contributed by atoms with Crippen molar-refractivity contribution in [2.24, 2.45) is 0 Å². The lowest BCUT2D eigenvalue weighted by Gasteiger charge is -2.05. The molecule has 6 aromatic rings. The van der Waals surface area contributed by atoms with Crippen molar-refractivity contribution in [3.05, 3.63) is 145 Å². The van der Waals surface area contributed by atoms with Crippen LogP contribution in [0.4, 0.5) is 0 Å². The number of rotatable bonds is 7. The van der Waals surface area contributed by atoms with Crippen LogP contribution in [-0.2, 0) is 12.8 Å². The molecule has 7 heteroatoms. The second-order valence-electron chi connectivity index (χ2n) is 8.96. The van der Waals surface area contributed by atoms with Gasteiger partial charge in [-0.15, -0.1) is 0 Å². The van der Waals surface area contributed by atoms with Crippen LogP contribution in [0.5, 0.6) is 0 Å². The second kappa shape index (κ2) is 10.8. The third-order valence-corrected chi connectivity index (χ3v) is 6.17. The highest BCUT2D eigenvalue weighted by Gasteiger charge is 2.10. The van der Waals surface area contributed by atoms with Gasteiger partial charge < -0.3 is 0 Å². The highest BCUT2D eigenvalue weighted by Crippen LogP contribution is 2.18. The van der Waals surface area contributed by atoms with Crippen LogP contribution in [0.25, 0.3) is 28.5 Å². The van der Waals surface area contributed by atoms with Crippen LogP contribution >= 0.6 is 0 Å². The SMILES string of the molecule is c1ccc(-c2ncc(Cc3cc[n+](-c4cccc(-c5ncc(Cc6cncnc6)cn5)c4)cc3)cn2)cc1. The predicted molar refractivity (Wildman–Crippen MR) is 144 cm³/mol. The monoisotopic (exact) mass is 494 g/mol. The zero-order valence-electron chi connectivity index (χ0n) is 20.6. The molecule has 0 spiro atoms. The highest BCUT2D eigenvalue weighted by atomic mass is 14.9. The fraction of sp³-hybridized carbons (Fsp3) is 0.0645. The van der Waals surface area contributed by atoms with E-state index < -0.39 is 0 Å². The Morgan fingerprint density at radius 3 is 1.71 bits per heavy atom. The summed E-state index contributed by atoms with van der Waals surface area (Å²) in [4.78, 5) is 26.4. The average molecular weight is 495 g/mol. The minimum absolute atomic E-state index is 0.691. The van der Waals surface area contributed by atoms with Crippen LogP contribution in [0.2, 0.25) is 0 Å². The van der Waals surface area contributed by atoms with Crippen molar-refractivity contribution < 1.29 is 4.57 Å². The minimum atomic E-state index is 0.691. The Bertz CT molecular complexity index is 1620. The van der Waals surface area contributed by atoms with Crippen molar-refractivity contribution in [3.8, 4) is 28.5 Å². The Labute approximate surface area is 220 Å². The molecule has 0 amide bonds. The first-order valence-electron chi connectivity index (χ1n) is 12.3. The summed E-state index contributed by atoms with van der Waals surface area (Å²) in [5.74, 6) is 1.43. The van der Waals surface area contributed by atoms with Gasteiger partial charge in [0.25, 0.3) is 0 Å². The van der Waals surface area contributed by atoms with Crippen LogP contribution in [0.3, 0.4) is 0 Å². The zero-order chi connectivity index (χ0) is 25.6. The molecule has 0 saturated carbocycles. The van der Waals surface area contributed by atoms with Gasteiger partial charge in [-0.3, -0.25) is 0 Å². The molecule has 0 saturated heterocycles. The first kappa shape index (κ1) is 23.2. The van der Waals surface area contributed by atoms with Gasteiger partial charge in [0, 0.05) is 85.4 Å². The molecule has 0 bridgehead atoms. The summed E-state index contributed by atoms with van der Waals surface area (Å²) < 4.78 is 2.09.